The first kappa shape index (κ1) is 30.9. The molecular formula is C33H29F3N4O3S2. The lowest BCUT2D eigenvalue weighted by Gasteiger charge is -2.33. The number of thiazole rings is 1. The van der Waals surface area contributed by atoms with Crippen LogP contribution in [0.15, 0.2) is 108 Å². The number of hydrogen-bond donors (Lipinski definition) is 1. The fourth-order valence-corrected chi connectivity index (χ4v) is 6.95. The van der Waals surface area contributed by atoms with Gasteiger partial charge in [0.15, 0.2) is 0 Å². The largest absolute Gasteiger partial charge is 0.416 e. The summed E-state index contributed by atoms with van der Waals surface area (Å²) in [4.78, 5) is 11.2. The molecule has 1 aliphatic rings. The highest BCUT2D eigenvalue weighted by molar-refractivity contribution is 7.92. The van der Waals surface area contributed by atoms with E-state index >= 15 is 0 Å². The Hall–Kier alpha value is -4.10. The maximum Gasteiger partial charge on any atom is 0.416 e. The Morgan fingerprint density at radius 3 is 2.38 bits per heavy atom. The number of halogens is 3. The second kappa shape index (κ2) is 13.1. The van der Waals surface area contributed by atoms with Gasteiger partial charge in [-0.05, 0) is 54.4 Å². The minimum Gasteiger partial charge on any atom is -0.371 e. The average molecular weight is 651 g/mol. The Morgan fingerprint density at radius 1 is 0.956 bits per heavy atom. The summed E-state index contributed by atoms with van der Waals surface area (Å²) in [6.45, 7) is 3.18. The maximum atomic E-state index is 13.1. The number of rotatable bonds is 9. The average Bonchev–Trinajstić information content (AvgIpc) is 3.55. The van der Waals surface area contributed by atoms with Crippen LogP contribution in [-0.2, 0) is 27.4 Å². The Morgan fingerprint density at radius 2 is 1.69 bits per heavy atom. The van der Waals surface area contributed by atoms with E-state index in [-0.39, 0.29) is 11.0 Å². The van der Waals surface area contributed by atoms with Gasteiger partial charge in [-0.25, -0.2) is 13.4 Å². The number of pyridine rings is 1. The molecule has 0 unspecified atom stereocenters. The standard InChI is InChI=1S/C33H29F3N4O3S2/c34-33(35,36)27-9-5-24(6-10-27)30-22-44-32(38-30)25-7-13-29(14-8-25)45(41,42)39-28-11-3-23(4-12-28)15-17-40-18-19-43-31(21-40)26-2-1-16-37-20-26/h1-14,16,20,22,31,39H,15,17-19,21H2/t31-/m0/s1. The number of ether oxygens (including phenoxy) is 1. The zero-order valence-electron chi connectivity index (χ0n) is 23.9. The molecule has 2 aromatic heterocycles. The Balaban J connectivity index is 1.04. The molecule has 1 fully saturated rings. The minimum absolute atomic E-state index is 0.00467. The third-order valence-corrected chi connectivity index (χ3v) is 9.84. The molecule has 0 aliphatic carbocycles. The van der Waals surface area contributed by atoms with Gasteiger partial charge in [0, 0.05) is 59.8 Å². The lowest BCUT2D eigenvalue weighted by atomic mass is 10.1. The molecule has 1 saturated heterocycles. The van der Waals surface area contributed by atoms with Gasteiger partial charge in [-0.15, -0.1) is 11.3 Å². The Labute approximate surface area is 263 Å². The van der Waals surface area contributed by atoms with Crippen LogP contribution >= 0.6 is 11.3 Å². The van der Waals surface area contributed by atoms with Crippen LogP contribution in [0.2, 0.25) is 0 Å². The third kappa shape index (κ3) is 7.59. The molecule has 0 saturated carbocycles. The second-order valence-electron chi connectivity index (χ2n) is 10.6. The zero-order chi connectivity index (χ0) is 31.4. The summed E-state index contributed by atoms with van der Waals surface area (Å²) >= 11 is 1.33. The van der Waals surface area contributed by atoms with Crippen molar-refractivity contribution < 1.29 is 26.3 Å². The smallest absolute Gasteiger partial charge is 0.371 e. The van der Waals surface area contributed by atoms with E-state index in [2.05, 4.69) is 19.6 Å². The molecule has 6 rings (SSSR count). The summed E-state index contributed by atoms with van der Waals surface area (Å²) in [7, 11) is -3.83. The molecule has 5 aromatic rings. The van der Waals surface area contributed by atoms with Crippen LogP contribution in [0.3, 0.4) is 0 Å². The minimum atomic E-state index is -4.40. The highest BCUT2D eigenvalue weighted by Gasteiger charge is 2.30. The highest BCUT2D eigenvalue weighted by atomic mass is 32.2. The highest BCUT2D eigenvalue weighted by Crippen LogP contribution is 2.33. The molecule has 1 atom stereocenters. The van der Waals surface area contributed by atoms with Crippen LogP contribution in [0.1, 0.15) is 22.8 Å². The number of benzene rings is 3. The van der Waals surface area contributed by atoms with E-state index in [0.717, 1.165) is 49.3 Å². The summed E-state index contributed by atoms with van der Waals surface area (Å²) in [5.41, 5.74) is 3.73. The van der Waals surface area contributed by atoms with E-state index < -0.39 is 21.8 Å². The van der Waals surface area contributed by atoms with Crippen LogP contribution in [0.4, 0.5) is 18.9 Å². The SMILES string of the molecule is O=S(=O)(Nc1ccc(CCN2CCO[C@H](c3cccnc3)C2)cc1)c1ccc(-c2nc(-c3ccc(C(F)(F)F)cc3)cs2)cc1. The van der Waals surface area contributed by atoms with Crippen molar-refractivity contribution in [2.75, 3.05) is 31.0 Å². The lowest BCUT2D eigenvalue weighted by Crippen LogP contribution is -2.39. The topological polar surface area (TPSA) is 84.4 Å². The van der Waals surface area contributed by atoms with Crippen molar-refractivity contribution in [1.29, 1.82) is 0 Å². The van der Waals surface area contributed by atoms with Crippen LogP contribution in [0.5, 0.6) is 0 Å². The van der Waals surface area contributed by atoms with Gasteiger partial charge in [0.1, 0.15) is 5.01 Å². The van der Waals surface area contributed by atoms with Crippen molar-refractivity contribution in [3.63, 3.8) is 0 Å². The van der Waals surface area contributed by atoms with E-state index in [4.69, 9.17) is 4.74 Å². The molecule has 1 aliphatic heterocycles. The Bertz CT molecular complexity index is 1830. The molecule has 12 heteroatoms. The van der Waals surface area contributed by atoms with Crippen molar-refractivity contribution in [2.45, 2.75) is 23.6 Å². The molecule has 0 amide bonds. The van der Waals surface area contributed by atoms with Crippen molar-refractivity contribution in [1.82, 2.24) is 14.9 Å². The summed E-state index contributed by atoms with van der Waals surface area (Å²) in [6, 6.07) is 22.5. The summed E-state index contributed by atoms with van der Waals surface area (Å²) in [5.74, 6) is 0. The van der Waals surface area contributed by atoms with Gasteiger partial charge in [-0.2, -0.15) is 13.2 Å². The molecule has 0 radical (unpaired) electrons. The normalized spacial score (nSPS) is 16.0. The molecular weight excluding hydrogens is 622 g/mol. The van der Waals surface area contributed by atoms with Crippen LogP contribution < -0.4 is 4.72 Å². The molecule has 232 valence electrons. The second-order valence-corrected chi connectivity index (χ2v) is 13.2. The molecule has 0 bridgehead atoms. The van der Waals surface area contributed by atoms with Gasteiger partial charge in [0.25, 0.3) is 10.0 Å². The van der Waals surface area contributed by atoms with E-state index in [1.807, 2.05) is 30.5 Å². The van der Waals surface area contributed by atoms with E-state index in [1.165, 1.54) is 35.6 Å². The number of nitrogens with zero attached hydrogens (tertiary/aromatic N) is 3. The van der Waals surface area contributed by atoms with Crippen molar-refractivity contribution in [2.24, 2.45) is 0 Å². The van der Waals surface area contributed by atoms with Crippen molar-refractivity contribution in [3.8, 4) is 21.8 Å². The summed E-state index contributed by atoms with van der Waals surface area (Å²) < 4.78 is 73.3. The summed E-state index contributed by atoms with van der Waals surface area (Å²) in [5, 5.41) is 2.38. The first-order valence-corrected chi connectivity index (χ1v) is 16.6. The number of sulfonamides is 1. The predicted molar refractivity (Wildman–Crippen MR) is 168 cm³/mol. The predicted octanol–water partition coefficient (Wildman–Crippen LogP) is 7.31. The van der Waals surface area contributed by atoms with Crippen molar-refractivity contribution >= 4 is 27.0 Å². The number of hydrogen-bond acceptors (Lipinski definition) is 7. The molecule has 3 aromatic carbocycles. The third-order valence-electron chi connectivity index (χ3n) is 7.55. The van der Waals surface area contributed by atoms with Crippen molar-refractivity contribution in [3.05, 3.63) is 119 Å². The van der Waals surface area contributed by atoms with Crippen LogP contribution in [0.25, 0.3) is 21.8 Å². The monoisotopic (exact) mass is 650 g/mol. The number of morpholine rings is 1. The van der Waals surface area contributed by atoms with Gasteiger partial charge in [0.05, 0.1) is 28.9 Å². The van der Waals surface area contributed by atoms with Gasteiger partial charge >= 0.3 is 6.18 Å². The van der Waals surface area contributed by atoms with Gasteiger partial charge in [-0.3, -0.25) is 14.6 Å². The molecule has 7 nitrogen and oxygen atoms in total. The molecule has 0 spiro atoms. The first-order valence-electron chi connectivity index (χ1n) is 14.2. The number of nitrogens with one attached hydrogen (secondary N) is 1. The maximum absolute atomic E-state index is 13.1. The lowest BCUT2D eigenvalue weighted by molar-refractivity contribution is -0.137. The van der Waals surface area contributed by atoms with Gasteiger partial charge < -0.3 is 4.74 Å². The van der Waals surface area contributed by atoms with E-state index in [0.29, 0.717) is 34.1 Å². The molecule has 45 heavy (non-hydrogen) atoms. The summed E-state index contributed by atoms with van der Waals surface area (Å²) in [6.07, 6.45) is 0.0209. The zero-order valence-corrected chi connectivity index (χ0v) is 25.6. The molecule has 3 heterocycles. The fraction of sp³-hybridized carbons (Fsp3) is 0.212. The molecule has 1 N–H and O–H groups in total. The van der Waals surface area contributed by atoms with E-state index in [9.17, 15) is 21.6 Å². The first-order chi connectivity index (χ1) is 21.6. The van der Waals surface area contributed by atoms with Crippen LogP contribution in [-0.4, -0.2) is 49.5 Å². The quantitative estimate of drug-likeness (QED) is 0.180. The Kier molecular flexibility index (Phi) is 8.99. The van der Waals surface area contributed by atoms with E-state index in [1.54, 1.807) is 35.8 Å². The van der Waals surface area contributed by atoms with Gasteiger partial charge in [-0.1, -0.05) is 42.5 Å². The fourth-order valence-electron chi connectivity index (χ4n) is 5.06. The van der Waals surface area contributed by atoms with Gasteiger partial charge in [0.2, 0.25) is 0 Å². The number of aromatic nitrogens is 2. The number of alkyl halides is 3. The van der Waals surface area contributed by atoms with Crippen LogP contribution in [0, 0.1) is 0 Å². The number of anilines is 1.